The van der Waals surface area contributed by atoms with E-state index in [4.69, 9.17) is 4.74 Å². The first-order valence-electron chi connectivity index (χ1n) is 8.65. The molecule has 1 aromatic heterocycles. The number of nitro groups is 1. The molecule has 0 saturated carbocycles. The number of hydrogen-bond acceptors (Lipinski definition) is 7. The standard InChI is InChI=1S/C19H19N3O5S2/c1-13-18(28-19(21-13)14-6-8-16(27-2)9-7-14)10-11-20-29(25,26)17-5-3-4-15(12-17)22(23)24/h3-9,12,20H,10-11H2,1-2H3. The van der Waals surface area contributed by atoms with Crippen LogP contribution in [0.1, 0.15) is 10.6 Å². The van der Waals surface area contributed by atoms with E-state index < -0.39 is 14.9 Å². The van der Waals surface area contributed by atoms with Crippen molar-refractivity contribution in [3.05, 3.63) is 69.2 Å². The number of rotatable bonds is 8. The normalized spacial score (nSPS) is 11.4. The minimum atomic E-state index is -3.84. The Kier molecular flexibility index (Phi) is 6.26. The number of aromatic nitrogens is 1. The van der Waals surface area contributed by atoms with Gasteiger partial charge in [0.15, 0.2) is 0 Å². The van der Waals surface area contributed by atoms with Crippen LogP contribution in [-0.2, 0) is 16.4 Å². The minimum absolute atomic E-state index is 0.133. The van der Waals surface area contributed by atoms with Crippen LogP contribution in [-0.4, -0.2) is 32.0 Å². The number of nitro benzene ring substituents is 1. The van der Waals surface area contributed by atoms with Crippen molar-refractivity contribution in [3.63, 3.8) is 0 Å². The van der Waals surface area contributed by atoms with E-state index in [1.54, 1.807) is 7.11 Å². The van der Waals surface area contributed by atoms with Crippen LogP contribution in [0.25, 0.3) is 10.6 Å². The SMILES string of the molecule is COc1ccc(-c2nc(C)c(CCNS(=O)(=O)c3cccc([N+](=O)[O-])c3)s2)cc1. The molecule has 0 bridgehead atoms. The zero-order chi connectivity index (χ0) is 21.0. The molecule has 1 N–H and O–H groups in total. The number of ether oxygens (including phenoxy) is 1. The number of aryl methyl sites for hydroxylation is 1. The molecule has 0 radical (unpaired) electrons. The molecule has 0 atom stereocenters. The van der Waals surface area contributed by atoms with Gasteiger partial charge < -0.3 is 4.74 Å². The highest BCUT2D eigenvalue weighted by Gasteiger charge is 2.18. The molecule has 8 nitrogen and oxygen atoms in total. The maximum Gasteiger partial charge on any atom is 0.270 e. The molecule has 0 unspecified atom stereocenters. The molecule has 0 aliphatic carbocycles. The van der Waals surface area contributed by atoms with Gasteiger partial charge in [-0.2, -0.15) is 0 Å². The van der Waals surface area contributed by atoms with Crippen molar-refractivity contribution in [3.8, 4) is 16.3 Å². The summed E-state index contributed by atoms with van der Waals surface area (Å²) in [6.07, 6.45) is 0.466. The number of hydrogen-bond donors (Lipinski definition) is 1. The average Bonchev–Trinajstić information content (AvgIpc) is 3.08. The molecule has 3 aromatic rings. The van der Waals surface area contributed by atoms with Gasteiger partial charge in [0.2, 0.25) is 10.0 Å². The quantitative estimate of drug-likeness (QED) is 0.429. The zero-order valence-electron chi connectivity index (χ0n) is 15.8. The molecule has 2 aromatic carbocycles. The fourth-order valence-electron chi connectivity index (χ4n) is 2.66. The van der Waals surface area contributed by atoms with Crippen molar-refractivity contribution in [2.75, 3.05) is 13.7 Å². The second kappa shape index (κ2) is 8.68. The topological polar surface area (TPSA) is 111 Å². The fourth-order valence-corrected chi connectivity index (χ4v) is 4.80. The first kappa shape index (κ1) is 20.9. The van der Waals surface area contributed by atoms with Gasteiger partial charge in [-0.15, -0.1) is 11.3 Å². The van der Waals surface area contributed by atoms with Crippen molar-refractivity contribution < 1.29 is 18.1 Å². The van der Waals surface area contributed by atoms with Gasteiger partial charge >= 0.3 is 0 Å². The Balaban J connectivity index is 1.68. The number of sulfonamides is 1. The van der Waals surface area contributed by atoms with Crippen LogP contribution in [0.15, 0.2) is 53.4 Å². The molecule has 0 saturated heterocycles. The van der Waals surface area contributed by atoms with E-state index in [2.05, 4.69) is 9.71 Å². The number of thiazole rings is 1. The molecule has 0 aliphatic heterocycles. The molecule has 152 valence electrons. The van der Waals surface area contributed by atoms with Gasteiger partial charge in [-0.05, 0) is 43.7 Å². The molecule has 29 heavy (non-hydrogen) atoms. The summed E-state index contributed by atoms with van der Waals surface area (Å²) in [5.41, 5.74) is 1.54. The monoisotopic (exact) mass is 433 g/mol. The lowest BCUT2D eigenvalue weighted by Crippen LogP contribution is -2.26. The second-order valence-electron chi connectivity index (χ2n) is 6.16. The Bertz CT molecular complexity index is 1130. The van der Waals surface area contributed by atoms with Crippen LogP contribution < -0.4 is 9.46 Å². The van der Waals surface area contributed by atoms with Crippen LogP contribution in [0.3, 0.4) is 0 Å². The maximum atomic E-state index is 12.4. The zero-order valence-corrected chi connectivity index (χ0v) is 17.4. The van der Waals surface area contributed by atoms with E-state index in [-0.39, 0.29) is 17.1 Å². The fraction of sp³-hybridized carbons (Fsp3) is 0.211. The predicted octanol–water partition coefficient (Wildman–Crippen LogP) is 3.56. The second-order valence-corrected chi connectivity index (χ2v) is 9.01. The summed E-state index contributed by atoms with van der Waals surface area (Å²) < 4.78 is 32.5. The summed E-state index contributed by atoms with van der Waals surface area (Å²) >= 11 is 1.50. The third-order valence-corrected chi connectivity index (χ3v) is 6.94. The summed E-state index contributed by atoms with van der Waals surface area (Å²) in [6.45, 7) is 2.05. The lowest BCUT2D eigenvalue weighted by atomic mass is 10.2. The van der Waals surface area contributed by atoms with E-state index in [1.165, 1.54) is 29.5 Å². The van der Waals surface area contributed by atoms with Gasteiger partial charge in [-0.1, -0.05) is 6.07 Å². The lowest BCUT2D eigenvalue weighted by molar-refractivity contribution is -0.385. The highest BCUT2D eigenvalue weighted by atomic mass is 32.2. The molecule has 1 heterocycles. The largest absolute Gasteiger partial charge is 0.497 e. The summed E-state index contributed by atoms with van der Waals surface area (Å²) in [5, 5.41) is 11.7. The van der Waals surface area contributed by atoms with Gasteiger partial charge in [0.05, 0.1) is 22.6 Å². The van der Waals surface area contributed by atoms with Crippen LogP contribution in [0, 0.1) is 17.0 Å². The third kappa shape index (κ3) is 4.97. The van der Waals surface area contributed by atoms with Crippen LogP contribution in [0.5, 0.6) is 5.75 Å². The Labute approximate surface area is 172 Å². The highest BCUT2D eigenvalue weighted by molar-refractivity contribution is 7.89. The molecule has 3 rings (SSSR count). The van der Waals surface area contributed by atoms with E-state index >= 15 is 0 Å². The van der Waals surface area contributed by atoms with Gasteiger partial charge in [-0.3, -0.25) is 10.1 Å². The Morgan fingerprint density at radius 2 is 1.93 bits per heavy atom. The van der Waals surface area contributed by atoms with Crippen molar-refractivity contribution >= 4 is 27.0 Å². The third-order valence-electron chi connectivity index (χ3n) is 4.21. The summed E-state index contributed by atoms with van der Waals surface area (Å²) in [5.74, 6) is 0.762. The molecule has 0 amide bonds. The van der Waals surface area contributed by atoms with E-state index in [9.17, 15) is 18.5 Å². The van der Waals surface area contributed by atoms with Gasteiger partial charge in [0.1, 0.15) is 10.8 Å². The first-order valence-corrected chi connectivity index (χ1v) is 10.9. The molecule has 10 heteroatoms. The van der Waals surface area contributed by atoms with Crippen molar-refractivity contribution in [1.82, 2.24) is 9.71 Å². The van der Waals surface area contributed by atoms with Crippen molar-refractivity contribution in [1.29, 1.82) is 0 Å². The maximum absolute atomic E-state index is 12.4. The van der Waals surface area contributed by atoms with E-state index in [0.717, 1.165) is 33.0 Å². The Morgan fingerprint density at radius 3 is 2.59 bits per heavy atom. The molecule has 0 spiro atoms. The number of methoxy groups -OCH3 is 1. The highest BCUT2D eigenvalue weighted by Crippen LogP contribution is 2.29. The van der Waals surface area contributed by atoms with Crippen LogP contribution in [0.2, 0.25) is 0 Å². The molecular weight excluding hydrogens is 414 g/mol. The van der Waals surface area contributed by atoms with E-state index in [0.29, 0.717) is 6.42 Å². The molecular formula is C19H19N3O5S2. The lowest BCUT2D eigenvalue weighted by Gasteiger charge is -2.06. The van der Waals surface area contributed by atoms with Crippen molar-refractivity contribution in [2.24, 2.45) is 0 Å². The Hall–Kier alpha value is -2.82. The summed E-state index contributed by atoms with van der Waals surface area (Å²) in [4.78, 5) is 15.6. The van der Waals surface area contributed by atoms with Gasteiger partial charge in [0, 0.05) is 29.1 Å². The number of benzene rings is 2. The smallest absolute Gasteiger partial charge is 0.270 e. The van der Waals surface area contributed by atoms with Crippen LogP contribution >= 0.6 is 11.3 Å². The number of non-ortho nitro benzene ring substituents is 1. The predicted molar refractivity (Wildman–Crippen MR) is 111 cm³/mol. The first-order chi connectivity index (χ1) is 13.8. The molecule has 0 aliphatic rings. The summed E-state index contributed by atoms with van der Waals surface area (Å²) in [7, 11) is -2.23. The molecule has 0 fully saturated rings. The number of nitrogens with one attached hydrogen (secondary N) is 1. The van der Waals surface area contributed by atoms with E-state index in [1.807, 2.05) is 31.2 Å². The van der Waals surface area contributed by atoms with Gasteiger partial charge in [-0.25, -0.2) is 18.1 Å². The van der Waals surface area contributed by atoms with Crippen molar-refractivity contribution in [2.45, 2.75) is 18.2 Å². The van der Waals surface area contributed by atoms with Crippen LogP contribution in [0.4, 0.5) is 5.69 Å². The van der Waals surface area contributed by atoms with Gasteiger partial charge in [0.25, 0.3) is 5.69 Å². The minimum Gasteiger partial charge on any atom is -0.497 e. The average molecular weight is 434 g/mol. The summed E-state index contributed by atoms with van der Waals surface area (Å²) in [6, 6.07) is 12.5. The number of nitrogens with zero attached hydrogens (tertiary/aromatic N) is 2. The Morgan fingerprint density at radius 1 is 1.21 bits per heavy atom.